The van der Waals surface area contributed by atoms with Crippen LogP contribution in [0, 0.1) is 0 Å². The average Bonchev–Trinajstić information content (AvgIpc) is 3.13. The lowest BCUT2D eigenvalue weighted by Gasteiger charge is -2.18. The number of amides is 3. The maximum atomic E-state index is 12.5. The zero-order chi connectivity index (χ0) is 18.7. The first-order valence-electron chi connectivity index (χ1n) is 7.92. The molecule has 3 rings (SSSR count). The van der Waals surface area contributed by atoms with Gasteiger partial charge in [0.15, 0.2) is 0 Å². The van der Waals surface area contributed by atoms with E-state index in [1.807, 2.05) is 0 Å². The molecule has 0 aliphatic carbocycles. The smallest absolute Gasteiger partial charge is 0.294 e. The molecule has 2 saturated heterocycles. The highest BCUT2D eigenvalue weighted by Crippen LogP contribution is 2.32. The Labute approximate surface area is 159 Å². The van der Waals surface area contributed by atoms with Crippen LogP contribution in [0.1, 0.15) is 5.56 Å². The standard InChI is InChI=1S/C17H18N2O5S2/c1-24-11-4-2-3-10(5-11)6-14-16(22)19(17(23)26-14)7-15(21)18-12-8-25-9-13(12)20/h2-6,12-13,20H,7-9H2,1H3,(H,18,21)/b14-6+/t12-,13+/m1/s1. The van der Waals surface area contributed by atoms with Gasteiger partial charge in [-0.3, -0.25) is 19.3 Å². The Bertz CT molecular complexity index is 767. The summed E-state index contributed by atoms with van der Waals surface area (Å²) in [5.74, 6) is 0.867. The molecule has 138 valence electrons. The fourth-order valence-corrected chi connectivity index (χ4v) is 4.60. The monoisotopic (exact) mass is 394 g/mol. The van der Waals surface area contributed by atoms with Crippen molar-refractivity contribution in [2.24, 2.45) is 0 Å². The van der Waals surface area contributed by atoms with Crippen LogP contribution in [0.25, 0.3) is 6.08 Å². The molecule has 0 saturated carbocycles. The molecular weight excluding hydrogens is 376 g/mol. The summed E-state index contributed by atoms with van der Waals surface area (Å²) in [5.41, 5.74) is 0.727. The molecule has 7 nitrogen and oxygen atoms in total. The van der Waals surface area contributed by atoms with Gasteiger partial charge in [-0.25, -0.2) is 0 Å². The van der Waals surface area contributed by atoms with Gasteiger partial charge in [-0.15, -0.1) is 0 Å². The lowest BCUT2D eigenvalue weighted by molar-refractivity contribution is -0.129. The lowest BCUT2D eigenvalue weighted by Crippen LogP contribution is -2.47. The number of carbonyl (C=O) groups excluding carboxylic acids is 3. The Kier molecular flexibility index (Phi) is 5.90. The van der Waals surface area contributed by atoms with E-state index >= 15 is 0 Å². The van der Waals surface area contributed by atoms with Crippen LogP contribution in [0.4, 0.5) is 4.79 Å². The molecule has 0 unspecified atom stereocenters. The minimum atomic E-state index is -0.605. The van der Waals surface area contributed by atoms with Crippen molar-refractivity contribution >= 4 is 46.7 Å². The van der Waals surface area contributed by atoms with Crippen molar-refractivity contribution < 1.29 is 24.2 Å². The predicted molar refractivity (Wildman–Crippen MR) is 101 cm³/mol. The maximum Gasteiger partial charge on any atom is 0.294 e. The fraction of sp³-hybridized carbons (Fsp3) is 0.353. The van der Waals surface area contributed by atoms with Gasteiger partial charge in [0.1, 0.15) is 12.3 Å². The second-order valence-corrected chi connectivity index (χ2v) is 7.89. The van der Waals surface area contributed by atoms with Crippen LogP contribution in [-0.2, 0) is 9.59 Å². The molecule has 2 heterocycles. The van der Waals surface area contributed by atoms with Crippen LogP contribution < -0.4 is 10.1 Å². The number of hydrogen-bond donors (Lipinski definition) is 2. The number of thioether (sulfide) groups is 2. The van der Waals surface area contributed by atoms with Crippen molar-refractivity contribution in [1.29, 1.82) is 0 Å². The number of aliphatic hydroxyl groups excluding tert-OH is 1. The molecule has 0 aromatic heterocycles. The van der Waals surface area contributed by atoms with Crippen LogP contribution in [0.5, 0.6) is 5.75 Å². The van der Waals surface area contributed by atoms with Crippen LogP contribution in [0.2, 0.25) is 0 Å². The number of nitrogens with one attached hydrogen (secondary N) is 1. The summed E-state index contributed by atoms with van der Waals surface area (Å²) in [6, 6.07) is 6.76. The third-order valence-electron chi connectivity index (χ3n) is 3.96. The van der Waals surface area contributed by atoms with E-state index < -0.39 is 23.2 Å². The molecule has 2 aliphatic rings. The second-order valence-electron chi connectivity index (χ2n) is 5.82. The van der Waals surface area contributed by atoms with Crippen LogP contribution >= 0.6 is 23.5 Å². The number of aliphatic hydroxyl groups is 1. The molecule has 2 fully saturated rings. The zero-order valence-electron chi connectivity index (χ0n) is 14.0. The second kappa shape index (κ2) is 8.15. The third-order valence-corrected chi connectivity index (χ3v) is 6.04. The Morgan fingerprint density at radius 1 is 1.42 bits per heavy atom. The summed E-state index contributed by atoms with van der Waals surface area (Å²) in [7, 11) is 1.55. The highest BCUT2D eigenvalue weighted by atomic mass is 32.2. The molecule has 0 bridgehead atoms. The quantitative estimate of drug-likeness (QED) is 0.727. The summed E-state index contributed by atoms with van der Waals surface area (Å²) in [6.07, 6.45) is 0.995. The van der Waals surface area contributed by atoms with Crippen molar-refractivity contribution in [3.8, 4) is 5.75 Å². The van der Waals surface area contributed by atoms with E-state index in [2.05, 4.69) is 5.32 Å². The SMILES string of the molecule is COc1cccc(/C=C2/SC(=O)N(CC(=O)N[C@@H]3CSC[C@@H]3O)C2=O)c1. The molecule has 1 aromatic carbocycles. The van der Waals surface area contributed by atoms with Gasteiger partial charge in [-0.2, -0.15) is 11.8 Å². The van der Waals surface area contributed by atoms with Crippen LogP contribution in [0.3, 0.4) is 0 Å². The number of hydrogen-bond acceptors (Lipinski definition) is 7. The Morgan fingerprint density at radius 2 is 2.23 bits per heavy atom. The number of methoxy groups -OCH3 is 1. The first-order valence-corrected chi connectivity index (χ1v) is 9.89. The number of carbonyl (C=O) groups is 3. The summed E-state index contributed by atoms with van der Waals surface area (Å²) in [5, 5.41) is 11.9. The topological polar surface area (TPSA) is 95.9 Å². The molecule has 0 radical (unpaired) electrons. The van der Waals surface area contributed by atoms with Crippen molar-refractivity contribution in [3.05, 3.63) is 34.7 Å². The van der Waals surface area contributed by atoms with Gasteiger partial charge >= 0.3 is 0 Å². The number of imide groups is 1. The number of ether oxygens (including phenoxy) is 1. The zero-order valence-corrected chi connectivity index (χ0v) is 15.6. The van der Waals surface area contributed by atoms with E-state index in [0.717, 1.165) is 22.2 Å². The highest BCUT2D eigenvalue weighted by molar-refractivity contribution is 8.18. The van der Waals surface area contributed by atoms with E-state index in [0.29, 0.717) is 17.3 Å². The van der Waals surface area contributed by atoms with E-state index in [1.54, 1.807) is 49.2 Å². The normalized spacial score (nSPS) is 24.4. The van der Waals surface area contributed by atoms with E-state index in [4.69, 9.17) is 4.74 Å². The Morgan fingerprint density at radius 3 is 2.92 bits per heavy atom. The third kappa shape index (κ3) is 4.22. The predicted octanol–water partition coefficient (Wildman–Crippen LogP) is 1.32. The van der Waals surface area contributed by atoms with Crippen LogP contribution in [-0.4, -0.2) is 64.4 Å². The first kappa shape index (κ1) is 18.8. The van der Waals surface area contributed by atoms with E-state index in [1.165, 1.54) is 0 Å². The molecule has 0 spiro atoms. The number of nitrogens with zero attached hydrogens (tertiary/aromatic N) is 1. The van der Waals surface area contributed by atoms with Crippen LogP contribution in [0.15, 0.2) is 29.2 Å². The lowest BCUT2D eigenvalue weighted by atomic mass is 10.2. The van der Waals surface area contributed by atoms with E-state index in [9.17, 15) is 19.5 Å². The summed E-state index contributed by atoms with van der Waals surface area (Å²) in [6.45, 7) is -0.353. The number of rotatable bonds is 5. The minimum Gasteiger partial charge on any atom is -0.497 e. The van der Waals surface area contributed by atoms with Gasteiger partial charge in [0.05, 0.1) is 24.2 Å². The molecular formula is C17H18N2O5S2. The number of benzene rings is 1. The highest BCUT2D eigenvalue weighted by Gasteiger charge is 2.37. The molecule has 2 aliphatic heterocycles. The largest absolute Gasteiger partial charge is 0.497 e. The van der Waals surface area contributed by atoms with Crippen molar-refractivity contribution in [3.63, 3.8) is 0 Å². The van der Waals surface area contributed by atoms with Gasteiger partial charge in [-0.1, -0.05) is 12.1 Å². The van der Waals surface area contributed by atoms with Gasteiger partial charge in [0.2, 0.25) is 5.91 Å². The first-order chi connectivity index (χ1) is 12.5. The molecule has 3 amide bonds. The average molecular weight is 394 g/mol. The van der Waals surface area contributed by atoms with Crippen molar-refractivity contribution in [1.82, 2.24) is 10.2 Å². The molecule has 2 N–H and O–H groups in total. The molecule has 1 aromatic rings. The Hall–Kier alpha value is -1.97. The summed E-state index contributed by atoms with van der Waals surface area (Å²) < 4.78 is 5.14. The minimum absolute atomic E-state index is 0.257. The molecule has 2 atom stereocenters. The molecule has 9 heteroatoms. The van der Waals surface area contributed by atoms with Gasteiger partial charge in [0.25, 0.3) is 11.1 Å². The molecule has 26 heavy (non-hydrogen) atoms. The summed E-state index contributed by atoms with van der Waals surface area (Å²) in [4.78, 5) is 37.9. The Balaban J connectivity index is 1.66. The van der Waals surface area contributed by atoms with E-state index in [-0.39, 0.29) is 17.5 Å². The van der Waals surface area contributed by atoms with Gasteiger partial charge < -0.3 is 15.2 Å². The maximum absolute atomic E-state index is 12.5. The van der Waals surface area contributed by atoms with Crippen molar-refractivity contribution in [2.75, 3.05) is 25.2 Å². The van der Waals surface area contributed by atoms with Gasteiger partial charge in [0, 0.05) is 11.5 Å². The van der Waals surface area contributed by atoms with Gasteiger partial charge in [-0.05, 0) is 35.5 Å². The summed E-state index contributed by atoms with van der Waals surface area (Å²) >= 11 is 2.34. The fourth-order valence-electron chi connectivity index (χ4n) is 2.60. The van der Waals surface area contributed by atoms with Crippen molar-refractivity contribution in [2.45, 2.75) is 12.1 Å².